The van der Waals surface area contributed by atoms with E-state index in [4.69, 9.17) is 14.8 Å². The van der Waals surface area contributed by atoms with Gasteiger partial charge >= 0.3 is 0 Å². The second-order valence-electron chi connectivity index (χ2n) is 10.5. The van der Waals surface area contributed by atoms with Gasteiger partial charge in [-0.2, -0.15) is 5.10 Å². The van der Waals surface area contributed by atoms with Crippen LogP contribution in [0.2, 0.25) is 0 Å². The van der Waals surface area contributed by atoms with E-state index in [1.165, 1.54) is 0 Å². The first kappa shape index (κ1) is 25.1. The van der Waals surface area contributed by atoms with Gasteiger partial charge in [0.05, 0.1) is 24.8 Å². The van der Waals surface area contributed by atoms with Gasteiger partial charge in [0, 0.05) is 37.3 Å². The van der Waals surface area contributed by atoms with Gasteiger partial charge in [-0.05, 0) is 74.4 Å². The van der Waals surface area contributed by atoms with Gasteiger partial charge in [-0.25, -0.2) is 14.6 Å². The number of methoxy groups -OCH3 is 1. The summed E-state index contributed by atoms with van der Waals surface area (Å²) < 4.78 is 9.72. The Morgan fingerprint density at radius 1 is 1.03 bits per heavy atom. The maximum Gasteiger partial charge on any atom is 0.253 e. The van der Waals surface area contributed by atoms with Gasteiger partial charge in [-0.3, -0.25) is 4.79 Å². The van der Waals surface area contributed by atoms with E-state index in [-0.39, 0.29) is 5.91 Å². The summed E-state index contributed by atoms with van der Waals surface area (Å²) in [6.45, 7) is 4.47. The summed E-state index contributed by atoms with van der Waals surface area (Å²) in [7, 11) is 1.68. The zero-order valence-electron chi connectivity index (χ0n) is 22.5. The molecule has 1 amide bonds. The van der Waals surface area contributed by atoms with Gasteiger partial charge in [0.1, 0.15) is 11.6 Å². The second kappa shape index (κ2) is 10.9. The van der Waals surface area contributed by atoms with Crippen LogP contribution in [0.15, 0.2) is 61.1 Å². The van der Waals surface area contributed by atoms with Crippen molar-refractivity contribution in [2.24, 2.45) is 5.92 Å². The van der Waals surface area contributed by atoms with Crippen LogP contribution in [-0.2, 0) is 6.54 Å². The standard InChI is InChI=1S/C31H34N6O2/c1-22-20-36(21-32-22)27-12-10-23(19-28(27)39-2)11-13-29-33-30-26(9-6-16-37(30)34-29)24-14-17-35(18-15-24)31(38)25-7-4-3-5-8-25/h3-5,7-8,10-13,19-21,24,26H,6,9,14-18H2,1-2H3/b13-11+/t26-/m1/s1. The summed E-state index contributed by atoms with van der Waals surface area (Å²) in [5.41, 5.74) is 3.70. The zero-order chi connectivity index (χ0) is 26.8. The third kappa shape index (κ3) is 5.24. The van der Waals surface area contributed by atoms with E-state index in [2.05, 4.69) is 15.7 Å². The molecule has 0 aliphatic carbocycles. The van der Waals surface area contributed by atoms with Crippen molar-refractivity contribution in [1.82, 2.24) is 29.2 Å². The number of fused-ring (bicyclic) bond motifs is 1. The lowest BCUT2D eigenvalue weighted by atomic mass is 9.80. The van der Waals surface area contributed by atoms with Gasteiger partial charge in [0.25, 0.3) is 5.91 Å². The fourth-order valence-corrected chi connectivity index (χ4v) is 5.92. The molecule has 4 heterocycles. The average molecular weight is 523 g/mol. The molecule has 0 saturated carbocycles. The molecular weight excluding hydrogens is 488 g/mol. The van der Waals surface area contributed by atoms with Crippen LogP contribution < -0.4 is 4.74 Å². The lowest BCUT2D eigenvalue weighted by Crippen LogP contribution is -2.40. The summed E-state index contributed by atoms with van der Waals surface area (Å²) in [5, 5.41) is 4.81. The molecule has 2 aliphatic heterocycles. The highest BCUT2D eigenvalue weighted by molar-refractivity contribution is 5.94. The molecule has 0 unspecified atom stereocenters. The molecule has 2 aromatic heterocycles. The van der Waals surface area contributed by atoms with E-state index in [1.807, 2.05) is 77.2 Å². The highest BCUT2D eigenvalue weighted by Gasteiger charge is 2.34. The number of hydrogen-bond donors (Lipinski definition) is 0. The van der Waals surface area contributed by atoms with E-state index in [0.29, 0.717) is 11.8 Å². The molecule has 1 saturated heterocycles. The molecular formula is C31H34N6O2. The van der Waals surface area contributed by atoms with E-state index in [0.717, 1.165) is 85.2 Å². The average Bonchev–Trinajstić information content (AvgIpc) is 3.62. The third-order valence-electron chi connectivity index (χ3n) is 7.97. The number of nitrogens with zero attached hydrogens (tertiary/aromatic N) is 6. The Morgan fingerprint density at radius 3 is 2.59 bits per heavy atom. The molecule has 0 bridgehead atoms. The van der Waals surface area contributed by atoms with Crippen LogP contribution in [0.25, 0.3) is 17.8 Å². The van der Waals surface area contributed by atoms with Crippen LogP contribution in [0.1, 0.15) is 64.9 Å². The predicted octanol–water partition coefficient (Wildman–Crippen LogP) is 5.38. The number of imidazole rings is 1. The maximum atomic E-state index is 12.9. The summed E-state index contributed by atoms with van der Waals surface area (Å²) in [4.78, 5) is 24.2. The molecule has 8 nitrogen and oxygen atoms in total. The van der Waals surface area contributed by atoms with Gasteiger partial charge in [-0.1, -0.05) is 30.3 Å². The monoisotopic (exact) mass is 522 g/mol. The summed E-state index contributed by atoms with van der Waals surface area (Å²) in [6, 6.07) is 15.7. The molecule has 6 rings (SSSR count). The molecule has 200 valence electrons. The summed E-state index contributed by atoms with van der Waals surface area (Å²) >= 11 is 0. The van der Waals surface area contributed by atoms with Crippen molar-refractivity contribution >= 4 is 18.1 Å². The Kier molecular flexibility index (Phi) is 7.00. The number of amides is 1. The van der Waals surface area contributed by atoms with Crippen molar-refractivity contribution in [3.8, 4) is 11.4 Å². The lowest BCUT2D eigenvalue weighted by molar-refractivity contribution is 0.0669. The van der Waals surface area contributed by atoms with Crippen molar-refractivity contribution in [1.29, 1.82) is 0 Å². The number of likely N-dealkylation sites (tertiary alicyclic amines) is 1. The van der Waals surface area contributed by atoms with E-state index >= 15 is 0 Å². The minimum absolute atomic E-state index is 0.137. The molecule has 8 heteroatoms. The number of benzene rings is 2. The molecule has 2 aromatic carbocycles. The van der Waals surface area contributed by atoms with Crippen molar-refractivity contribution in [3.05, 3.63) is 89.5 Å². The number of ether oxygens (including phenoxy) is 1. The fraction of sp³-hybridized carbons (Fsp3) is 0.355. The van der Waals surface area contributed by atoms with Crippen molar-refractivity contribution in [2.45, 2.75) is 45.1 Å². The number of aryl methyl sites for hydroxylation is 2. The van der Waals surface area contributed by atoms with Crippen LogP contribution in [-0.4, -0.2) is 55.3 Å². The first-order valence-electron chi connectivity index (χ1n) is 13.7. The molecule has 0 spiro atoms. The predicted molar refractivity (Wildman–Crippen MR) is 151 cm³/mol. The van der Waals surface area contributed by atoms with Crippen molar-refractivity contribution in [2.75, 3.05) is 20.2 Å². The van der Waals surface area contributed by atoms with Gasteiger partial charge in [0.15, 0.2) is 5.82 Å². The van der Waals surface area contributed by atoms with Crippen LogP contribution >= 0.6 is 0 Å². The number of piperidine rings is 1. The third-order valence-corrected chi connectivity index (χ3v) is 7.97. The zero-order valence-corrected chi connectivity index (χ0v) is 22.5. The van der Waals surface area contributed by atoms with Gasteiger partial charge in [0.2, 0.25) is 0 Å². The SMILES string of the molecule is COc1cc(/C=C/c2nc3n(n2)CCC[C@@H]3C2CCN(C(=O)c3ccccc3)CC2)ccc1-n1cnc(C)c1. The Morgan fingerprint density at radius 2 is 1.85 bits per heavy atom. The number of hydrogen-bond acceptors (Lipinski definition) is 5. The van der Waals surface area contributed by atoms with Crippen molar-refractivity contribution in [3.63, 3.8) is 0 Å². The van der Waals surface area contributed by atoms with Crippen LogP contribution in [0.4, 0.5) is 0 Å². The maximum absolute atomic E-state index is 12.9. The van der Waals surface area contributed by atoms with Crippen LogP contribution in [0, 0.1) is 12.8 Å². The lowest BCUT2D eigenvalue weighted by Gasteiger charge is -2.37. The molecule has 1 fully saturated rings. The summed E-state index contributed by atoms with van der Waals surface area (Å²) in [5.74, 6) is 3.66. The van der Waals surface area contributed by atoms with Gasteiger partial charge in [-0.15, -0.1) is 0 Å². The fourth-order valence-electron chi connectivity index (χ4n) is 5.92. The Balaban J connectivity index is 1.14. The second-order valence-corrected chi connectivity index (χ2v) is 10.5. The van der Waals surface area contributed by atoms with Gasteiger partial charge < -0.3 is 14.2 Å². The van der Waals surface area contributed by atoms with E-state index in [9.17, 15) is 4.79 Å². The molecule has 4 aromatic rings. The summed E-state index contributed by atoms with van der Waals surface area (Å²) in [6.07, 6.45) is 12.0. The normalized spacial score (nSPS) is 17.9. The van der Waals surface area contributed by atoms with Crippen LogP contribution in [0.5, 0.6) is 5.75 Å². The highest BCUT2D eigenvalue weighted by atomic mass is 16.5. The topological polar surface area (TPSA) is 78.1 Å². The van der Waals surface area contributed by atoms with E-state index < -0.39 is 0 Å². The number of carbonyl (C=O) groups is 1. The Labute approximate surface area is 229 Å². The molecule has 39 heavy (non-hydrogen) atoms. The number of carbonyl (C=O) groups excluding carboxylic acids is 1. The smallest absolute Gasteiger partial charge is 0.253 e. The van der Waals surface area contributed by atoms with Crippen molar-refractivity contribution < 1.29 is 9.53 Å². The number of aromatic nitrogens is 5. The first-order chi connectivity index (χ1) is 19.1. The molecule has 0 N–H and O–H groups in total. The minimum atomic E-state index is 0.137. The molecule has 2 aliphatic rings. The molecule has 1 atom stereocenters. The largest absolute Gasteiger partial charge is 0.495 e. The van der Waals surface area contributed by atoms with Crippen LogP contribution in [0.3, 0.4) is 0 Å². The minimum Gasteiger partial charge on any atom is -0.495 e. The Hall–Kier alpha value is -4.20. The first-order valence-corrected chi connectivity index (χ1v) is 13.7. The highest BCUT2D eigenvalue weighted by Crippen LogP contribution is 2.38. The molecule has 0 radical (unpaired) electrons. The Bertz CT molecular complexity index is 1480. The van der Waals surface area contributed by atoms with E-state index in [1.54, 1.807) is 13.4 Å². The quantitative estimate of drug-likeness (QED) is 0.340. The number of rotatable bonds is 6.